The van der Waals surface area contributed by atoms with Crippen molar-refractivity contribution in [1.82, 2.24) is 5.32 Å². The van der Waals surface area contributed by atoms with E-state index < -0.39 is 36.2 Å². The predicted molar refractivity (Wildman–Crippen MR) is 89.1 cm³/mol. The minimum atomic E-state index is -0.787. The van der Waals surface area contributed by atoms with Gasteiger partial charge in [-0.2, -0.15) is 0 Å². The van der Waals surface area contributed by atoms with Crippen molar-refractivity contribution in [3.8, 4) is 0 Å². The highest BCUT2D eigenvalue weighted by atomic mass is 35.5. The highest BCUT2D eigenvalue weighted by Crippen LogP contribution is 2.19. The molecule has 0 aliphatic heterocycles. The topological polar surface area (TPSA) is 81.4 Å². The number of ether oxygens (including phenoxy) is 1. The number of benzene rings is 2. The summed E-state index contributed by atoms with van der Waals surface area (Å²) < 4.78 is 31.4. The number of carbonyl (C=O) groups excluding carboxylic acids is 2. The lowest BCUT2D eigenvalue weighted by molar-refractivity contribution is -0.124. The Morgan fingerprint density at radius 1 is 1.24 bits per heavy atom. The average Bonchev–Trinajstić information content (AvgIpc) is 2.52. The van der Waals surface area contributed by atoms with Gasteiger partial charge in [-0.1, -0.05) is 17.7 Å². The highest BCUT2D eigenvalue weighted by Gasteiger charge is 2.17. The largest absolute Gasteiger partial charge is 0.452 e. The second-order valence-corrected chi connectivity index (χ2v) is 5.70. The van der Waals surface area contributed by atoms with Crippen molar-refractivity contribution in [2.45, 2.75) is 13.0 Å². The van der Waals surface area contributed by atoms with E-state index in [1.54, 1.807) is 0 Å². The number of rotatable bonds is 5. The number of carbonyl (C=O) groups is 2. The van der Waals surface area contributed by atoms with Crippen LogP contribution >= 0.6 is 11.6 Å². The summed E-state index contributed by atoms with van der Waals surface area (Å²) >= 11 is 5.74. The molecule has 0 aliphatic rings. The third-order valence-electron chi connectivity index (χ3n) is 3.37. The van der Waals surface area contributed by atoms with Crippen molar-refractivity contribution in [1.29, 1.82) is 0 Å². The summed E-state index contributed by atoms with van der Waals surface area (Å²) in [4.78, 5) is 23.7. The van der Waals surface area contributed by atoms with Gasteiger partial charge in [0.1, 0.15) is 11.6 Å². The lowest BCUT2D eigenvalue weighted by atomic mass is 10.1. The van der Waals surface area contributed by atoms with Gasteiger partial charge in [-0.25, -0.2) is 13.6 Å². The molecule has 1 atom stereocenters. The van der Waals surface area contributed by atoms with E-state index in [-0.39, 0.29) is 16.8 Å². The van der Waals surface area contributed by atoms with Gasteiger partial charge in [0.05, 0.1) is 11.6 Å². The molecule has 2 rings (SSSR count). The standard InChI is InChI=1S/C17H15ClF2N2O3/c1-9(12-5-3-11(19)7-14(12)20)22-16(23)8-25-17(24)13-4-2-10(18)6-15(13)21/h2-7,9H,8,21H2,1H3,(H,22,23)/t9-/m0/s1. The van der Waals surface area contributed by atoms with Crippen LogP contribution in [-0.4, -0.2) is 18.5 Å². The van der Waals surface area contributed by atoms with E-state index in [0.717, 1.165) is 12.1 Å². The zero-order valence-corrected chi connectivity index (χ0v) is 13.9. The zero-order chi connectivity index (χ0) is 18.6. The van der Waals surface area contributed by atoms with Crippen LogP contribution in [0.1, 0.15) is 28.9 Å². The van der Waals surface area contributed by atoms with Crippen LogP contribution in [0.3, 0.4) is 0 Å². The minimum Gasteiger partial charge on any atom is -0.452 e. The summed E-state index contributed by atoms with van der Waals surface area (Å²) in [5.74, 6) is -2.92. The fraction of sp³-hybridized carbons (Fsp3) is 0.176. The lowest BCUT2D eigenvalue weighted by Crippen LogP contribution is -2.31. The number of hydrogen-bond acceptors (Lipinski definition) is 4. The molecule has 0 aliphatic carbocycles. The third kappa shape index (κ3) is 4.90. The van der Waals surface area contributed by atoms with Crippen molar-refractivity contribution in [2.24, 2.45) is 0 Å². The molecule has 0 aromatic heterocycles. The Balaban J connectivity index is 1.92. The second kappa shape index (κ2) is 7.94. The van der Waals surface area contributed by atoms with E-state index in [1.807, 2.05) is 0 Å². The first-order valence-corrected chi connectivity index (χ1v) is 7.62. The fourth-order valence-corrected chi connectivity index (χ4v) is 2.32. The number of halogens is 3. The van der Waals surface area contributed by atoms with Gasteiger partial charge < -0.3 is 15.8 Å². The van der Waals surface area contributed by atoms with Crippen LogP contribution in [0.4, 0.5) is 14.5 Å². The molecule has 132 valence electrons. The van der Waals surface area contributed by atoms with E-state index in [2.05, 4.69) is 5.32 Å². The van der Waals surface area contributed by atoms with Crippen LogP contribution in [0.5, 0.6) is 0 Å². The molecule has 2 aromatic carbocycles. The predicted octanol–water partition coefficient (Wildman–Crippen LogP) is 3.23. The average molecular weight is 369 g/mol. The minimum absolute atomic E-state index is 0.0785. The van der Waals surface area contributed by atoms with Crippen LogP contribution in [-0.2, 0) is 9.53 Å². The van der Waals surface area contributed by atoms with Crippen molar-refractivity contribution in [2.75, 3.05) is 12.3 Å². The quantitative estimate of drug-likeness (QED) is 0.627. The van der Waals surface area contributed by atoms with Crippen LogP contribution in [0.2, 0.25) is 5.02 Å². The normalized spacial score (nSPS) is 11.7. The maximum absolute atomic E-state index is 13.7. The van der Waals surface area contributed by atoms with Crippen molar-refractivity contribution in [3.63, 3.8) is 0 Å². The van der Waals surface area contributed by atoms with Gasteiger partial charge in [0.15, 0.2) is 6.61 Å². The summed E-state index contributed by atoms with van der Waals surface area (Å²) in [6.45, 7) is 0.946. The van der Waals surface area contributed by atoms with Gasteiger partial charge in [-0.15, -0.1) is 0 Å². The molecular formula is C17H15ClF2N2O3. The molecule has 1 amide bonds. The van der Waals surface area contributed by atoms with Crippen molar-refractivity contribution < 1.29 is 23.1 Å². The number of nitrogen functional groups attached to an aromatic ring is 1. The van der Waals surface area contributed by atoms with E-state index >= 15 is 0 Å². The van der Waals surface area contributed by atoms with Gasteiger partial charge in [0.2, 0.25) is 0 Å². The number of hydrogen-bond donors (Lipinski definition) is 2. The van der Waals surface area contributed by atoms with E-state index in [0.29, 0.717) is 5.02 Å². The van der Waals surface area contributed by atoms with E-state index in [1.165, 1.54) is 31.2 Å². The first kappa shape index (κ1) is 18.7. The molecule has 0 saturated heterocycles. The molecule has 5 nitrogen and oxygen atoms in total. The van der Waals surface area contributed by atoms with Gasteiger partial charge >= 0.3 is 5.97 Å². The molecule has 0 unspecified atom stereocenters. The molecule has 0 fully saturated rings. The van der Waals surface area contributed by atoms with Gasteiger partial charge in [0, 0.05) is 22.3 Å². The lowest BCUT2D eigenvalue weighted by Gasteiger charge is -2.15. The number of nitrogens with one attached hydrogen (secondary N) is 1. The van der Waals surface area contributed by atoms with Crippen LogP contribution in [0.15, 0.2) is 36.4 Å². The molecule has 3 N–H and O–H groups in total. The zero-order valence-electron chi connectivity index (χ0n) is 13.2. The molecule has 25 heavy (non-hydrogen) atoms. The maximum Gasteiger partial charge on any atom is 0.340 e. The van der Waals surface area contributed by atoms with Gasteiger partial charge in [-0.05, 0) is 31.2 Å². The molecule has 0 saturated carbocycles. The smallest absolute Gasteiger partial charge is 0.340 e. The molecule has 2 aromatic rings. The van der Waals surface area contributed by atoms with Crippen molar-refractivity contribution in [3.05, 3.63) is 64.2 Å². The Morgan fingerprint density at radius 2 is 1.96 bits per heavy atom. The summed E-state index contributed by atoms with van der Waals surface area (Å²) in [5, 5.41) is 2.82. The Kier molecular flexibility index (Phi) is 5.93. The first-order valence-electron chi connectivity index (χ1n) is 7.24. The number of esters is 1. The molecular weight excluding hydrogens is 354 g/mol. The Morgan fingerprint density at radius 3 is 2.60 bits per heavy atom. The molecule has 8 heteroatoms. The molecule has 0 heterocycles. The fourth-order valence-electron chi connectivity index (χ4n) is 2.14. The number of nitrogens with two attached hydrogens (primary N) is 1. The maximum atomic E-state index is 13.7. The summed E-state index contributed by atoms with van der Waals surface area (Å²) in [6, 6.07) is 6.55. The summed E-state index contributed by atoms with van der Waals surface area (Å²) in [5.41, 5.74) is 5.97. The number of amides is 1. The third-order valence-corrected chi connectivity index (χ3v) is 3.61. The summed E-state index contributed by atoms with van der Waals surface area (Å²) in [7, 11) is 0. The molecule has 0 bridgehead atoms. The molecule has 0 radical (unpaired) electrons. The van der Waals surface area contributed by atoms with Gasteiger partial charge in [0.25, 0.3) is 5.91 Å². The van der Waals surface area contributed by atoms with Gasteiger partial charge in [-0.3, -0.25) is 4.79 Å². The van der Waals surface area contributed by atoms with Crippen LogP contribution in [0, 0.1) is 11.6 Å². The second-order valence-electron chi connectivity index (χ2n) is 5.26. The Hall–Kier alpha value is -2.67. The first-order chi connectivity index (χ1) is 11.8. The highest BCUT2D eigenvalue weighted by molar-refractivity contribution is 6.31. The Bertz CT molecular complexity index is 814. The van der Waals surface area contributed by atoms with E-state index in [4.69, 9.17) is 22.1 Å². The van der Waals surface area contributed by atoms with Crippen molar-refractivity contribution >= 4 is 29.2 Å². The van der Waals surface area contributed by atoms with Crippen LogP contribution in [0.25, 0.3) is 0 Å². The Labute approximate surface area is 147 Å². The molecule has 0 spiro atoms. The van der Waals surface area contributed by atoms with E-state index in [9.17, 15) is 18.4 Å². The number of anilines is 1. The monoisotopic (exact) mass is 368 g/mol. The SMILES string of the molecule is C[C@H](NC(=O)COC(=O)c1ccc(Cl)cc1N)c1ccc(F)cc1F. The summed E-state index contributed by atoms with van der Waals surface area (Å²) in [6.07, 6.45) is 0. The van der Waals surface area contributed by atoms with Crippen LogP contribution < -0.4 is 11.1 Å².